The minimum atomic E-state index is 0.137. The predicted molar refractivity (Wildman–Crippen MR) is 97.3 cm³/mol. The minimum absolute atomic E-state index is 0.137. The van der Waals surface area contributed by atoms with Gasteiger partial charge in [0, 0.05) is 42.0 Å². The molecule has 2 aliphatic rings. The number of carbonyl (C=O) groups is 1. The molecular weight excluding hydrogens is 411 g/mol. The van der Waals surface area contributed by atoms with E-state index in [4.69, 9.17) is 3.07 Å². The van der Waals surface area contributed by atoms with Gasteiger partial charge in [-0.1, -0.05) is 6.08 Å². The van der Waals surface area contributed by atoms with Gasteiger partial charge in [0.2, 0.25) is 5.91 Å². The number of hydrogen-bond donors (Lipinski definition) is 0. The van der Waals surface area contributed by atoms with E-state index in [1.54, 1.807) is 6.08 Å². The van der Waals surface area contributed by atoms with Crippen molar-refractivity contribution in [2.45, 2.75) is 32.4 Å². The van der Waals surface area contributed by atoms with E-state index in [0.717, 1.165) is 45.6 Å². The van der Waals surface area contributed by atoms with Crippen molar-refractivity contribution in [1.29, 1.82) is 0 Å². The molecule has 1 fully saturated rings. The van der Waals surface area contributed by atoms with Gasteiger partial charge in [0.05, 0.1) is 12.6 Å². The van der Waals surface area contributed by atoms with E-state index in [-0.39, 0.29) is 5.91 Å². The molecule has 0 bridgehead atoms. The lowest BCUT2D eigenvalue weighted by atomic mass is 10.1. The average molecular weight is 432 g/mol. The van der Waals surface area contributed by atoms with Gasteiger partial charge >= 0.3 is 0 Å². The van der Waals surface area contributed by atoms with E-state index in [2.05, 4.69) is 17.9 Å². The number of halogens is 1. The Kier molecular flexibility index (Phi) is 5.54. The molecule has 22 heavy (non-hydrogen) atoms. The summed E-state index contributed by atoms with van der Waals surface area (Å²) in [5.41, 5.74) is 1.43. The Morgan fingerprint density at radius 1 is 1.55 bits per heavy atom. The SMILES string of the molecule is Cc1cc2c(s1)CN(C(=O)/C=C/CN1CCC(OI)C1)CC2. The van der Waals surface area contributed by atoms with Crippen LogP contribution in [0.25, 0.3) is 0 Å². The third kappa shape index (κ3) is 3.90. The molecular formula is C16H21IN2O2S. The molecule has 1 atom stereocenters. The van der Waals surface area contributed by atoms with E-state index in [9.17, 15) is 4.79 Å². The summed E-state index contributed by atoms with van der Waals surface area (Å²) in [7, 11) is 0. The number of amides is 1. The molecule has 1 unspecified atom stereocenters. The quantitative estimate of drug-likeness (QED) is 0.542. The summed E-state index contributed by atoms with van der Waals surface area (Å²) in [4.78, 5) is 19.3. The number of nitrogens with zero attached hydrogens (tertiary/aromatic N) is 2. The molecule has 6 heteroatoms. The second-order valence-electron chi connectivity index (χ2n) is 5.98. The molecule has 0 saturated carbocycles. The van der Waals surface area contributed by atoms with E-state index in [1.165, 1.54) is 15.3 Å². The van der Waals surface area contributed by atoms with Gasteiger partial charge in [-0.15, -0.1) is 11.3 Å². The molecule has 1 saturated heterocycles. The van der Waals surface area contributed by atoms with Crippen molar-refractivity contribution in [2.24, 2.45) is 0 Å². The highest BCUT2D eigenvalue weighted by molar-refractivity contribution is 14.1. The summed E-state index contributed by atoms with van der Waals surface area (Å²) in [5.74, 6) is 0.137. The number of rotatable bonds is 4. The van der Waals surface area contributed by atoms with Crippen molar-refractivity contribution in [3.8, 4) is 0 Å². The van der Waals surface area contributed by atoms with Crippen molar-refractivity contribution >= 4 is 40.2 Å². The topological polar surface area (TPSA) is 32.8 Å². The van der Waals surface area contributed by atoms with Crippen LogP contribution in [0.2, 0.25) is 0 Å². The van der Waals surface area contributed by atoms with Crippen molar-refractivity contribution in [1.82, 2.24) is 9.80 Å². The maximum Gasteiger partial charge on any atom is 0.246 e. The maximum atomic E-state index is 12.3. The fourth-order valence-corrected chi connectivity index (χ4v) is 4.62. The third-order valence-corrected chi connectivity index (χ3v) is 6.09. The van der Waals surface area contributed by atoms with Gasteiger partial charge in [-0.3, -0.25) is 9.69 Å². The molecule has 4 nitrogen and oxygen atoms in total. The molecule has 0 aliphatic carbocycles. The fraction of sp³-hybridized carbons (Fsp3) is 0.562. The minimum Gasteiger partial charge on any atom is -0.334 e. The third-order valence-electron chi connectivity index (χ3n) is 4.30. The summed E-state index contributed by atoms with van der Waals surface area (Å²) in [5, 5.41) is 0. The first-order chi connectivity index (χ1) is 10.7. The molecule has 1 aromatic rings. The number of aryl methyl sites for hydroxylation is 1. The van der Waals surface area contributed by atoms with Crippen LogP contribution < -0.4 is 0 Å². The molecule has 3 heterocycles. The van der Waals surface area contributed by atoms with Gasteiger partial charge in [-0.2, -0.15) is 0 Å². The van der Waals surface area contributed by atoms with Crippen molar-refractivity contribution < 1.29 is 7.86 Å². The lowest BCUT2D eigenvalue weighted by Crippen LogP contribution is -2.34. The highest BCUT2D eigenvalue weighted by Gasteiger charge is 2.22. The summed E-state index contributed by atoms with van der Waals surface area (Å²) >= 11 is 3.79. The van der Waals surface area contributed by atoms with Crippen molar-refractivity contribution in [3.05, 3.63) is 33.5 Å². The Morgan fingerprint density at radius 3 is 3.18 bits per heavy atom. The van der Waals surface area contributed by atoms with E-state index in [1.807, 2.05) is 45.3 Å². The Labute approximate surface area is 149 Å². The largest absolute Gasteiger partial charge is 0.334 e. The van der Waals surface area contributed by atoms with Crippen LogP contribution in [0.3, 0.4) is 0 Å². The van der Waals surface area contributed by atoms with Crippen LogP contribution in [0.4, 0.5) is 0 Å². The monoisotopic (exact) mass is 432 g/mol. The Morgan fingerprint density at radius 2 is 2.41 bits per heavy atom. The van der Waals surface area contributed by atoms with Crippen LogP contribution in [0, 0.1) is 6.92 Å². The van der Waals surface area contributed by atoms with E-state index < -0.39 is 0 Å². The standard InChI is InChI=1S/C16H21IN2O2S/c1-12-9-13-4-8-19(11-15(13)22-12)16(20)3-2-6-18-7-5-14(10-18)21-17/h2-3,9,14H,4-8,10-11H2,1H3/b3-2+. The molecule has 3 rings (SSSR count). The van der Waals surface area contributed by atoms with E-state index in [0.29, 0.717) is 6.10 Å². The normalized spacial score (nSPS) is 22.5. The molecule has 1 amide bonds. The predicted octanol–water partition coefficient (Wildman–Crippen LogP) is 2.94. The number of fused-ring (bicyclic) bond motifs is 1. The Balaban J connectivity index is 1.49. The number of likely N-dealkylation sites (tertiary alicyclic amines) is 1. The summed E-state index contributed by atoms with van der Waals surface area (Å²) in [6.07, 6.45) is 6.14. The zero-order chi connectivity index (χ0) is 15.5. The number of carbonyl (C=O) groups excluding carboxylic acids is 1. The molecule has 0 N–H and O–H groups in total. The average Bonchev–Trinajstić information content (AvgIpc) is 3.11. The van der Waals surface area contributed by atoms with Crippen molar-refractivity contribution in [3.63, 3.8) is 0 Å². The van der Waals surface area contributed by atoms with Crippen LogP contribution in [0.5, 0.6) is 0 Å². The first-order valence-electron chi connectivity index (χ1n) is 7.69. The van der Waals surface area contributed by atoms with Gasteiger partial charge in [-0.25, -0.2) is 0 Å². The number of thiophene rings is 1. The summed E-state index contributed by atoms with van der Waals surface area (Å²) < 4.78 is 5.33. The Bertz CT molecular complexity index is 572. The molecule has 120 valence electrons. The van der Waals surface area contributed by atoms with Gasteiger partial charge in [-0.05, 0) is 31.4 Å². The van der Waals surface area contributed by atoms with Crippen LogP contribution in [0.1, 0.15) is 21.7 Å². The smallest absolute Gasteiger partial charge is 0.246 e. The molecule has 0 radical (unpaired) electrons. The zero-order valence-electron chi connectivity index (χ0n) is 12.8. The Hall–Kier alpha value is -0.440. The zero-order valence-corrected chi connectivity index (χ0v) is 15.7. The van der Waals surface area contributed by atoms with Gasteiger partial charge in [0.1, 0.15) is 23.0 Å². The summed E-state index contributed by atoms with van der Waals surface area (Å²) in [6, 6.07) is 2.26. The second-order valence-corrected chi connectivity index (χ2v) is 7.83. The van der Waals surface area contributed by atoms with Gasteiger partial charge < -0.3 is 7.97 Å². The summed E-state index contributed by atoms with van der Waals surface area (Å²) in [6.45, 7) is 6.58. The number of hydrogen-bond acceptors (Lipinski definition) is 4. The van der Waals surface area contributed by atoms with Crippen LogP contribution >= 0.6 is 34.3 Å². The molecule has 0 aromatic carbocycles. The van der Waals surface area contributed by atoms with Crippen LogP contribution in [-0.2, 0) is 20.8 Å². The maximum absolute atomic E-state index is 12.3. The molecule has 0 spiro atoms. The fourth-order valence-electron chi connectivity index (χ4n) is 3.10. The highest BCUT2D eigenvalue weighted by Crippen LogP contribution is 2.27. The van der Waals surface area contributed by atoms with E-state index >= 15 is 0 Å². The lowest BCUT2D eigenvalue weighted by molar-refractivity contribution is -0.126. The highest BCUT2D eigenvalue weighted by atomic mass is 127. The second kappa shape index (κ2) is 7.42. The van der Waals surface area contributed by atoms with Crippen LogP contribution in [-0.4, -0.2) is 48.0 Å². The van der Waals surface area contributed by atoms with Gasteiger partial charge in [0.25, 0.3) is 0 Å². The van der Waals surface area contributed by atoms with Gasteiger partial charge in [0.15, 0.2) is 0 Å². The molecule has 1 aromatic heterocycles. The molecule has 2 aliphatic heterocycles. The first-order valence-corrected chi connectivity index (χ1v) is 9.39. The first kappa shape index (κ1) is 16.4. The lowest BCUT2D eigenvalue weighted by Gasteiger charge is -2.25. The van der Waals surface area contributed by atoms with Crippen molar-refractivity contribution in [2.75, 3.05) is 26.2 Å². The van der Waals surface area contributed by atoms with Crippen LogP contribution in [0.15, 0.2) is 18.2 Å².